The van der Waals surface area contributed by atoms with Crippen LogP contribution in [0.5, 0.6) is 0 Å². The van der Waals surface area contributed by atoms with Crippen molar-refractivity contribution in [2.75, 3.05) is 31.6 Å². The van der Waals surface area contributed by atoms with Crippen LogP contribution in [0.3, 0.4) is 0 Å². The molecular formula is C14H17ClN2O3. The minimum absolute atomic E-state index is 0.0476. The third kappa shape index (κ3) is 4.51. The number of nitrogens with zero attached hydrogens (tertiary/aromatic N) is 1. The van der Waals surface area contributed by atoms with Crippen LogP contribution in [0.25, 0.3) is 0 Å². The molecule has 1 heterocycles. The fourth-order valence-corrected chi connectivity index (χ4v) is 2.15. The Morgan fingerprint density at radius 1 is 1.15 bits per heavy atom. The van der Waals surface area contributed by atoms with Crippen LogP contribution >= 0.6 is 11.6 Å². The van der Waals surface area contributed by atoms with Gasteiger partial charge in [0.05, 0.1) is 0 Å². The molecule has 0 radical (unpaired) electrons. The third-order valence-electron chi connectivity index (χ3n) is 3.05. The van der Waals surface area contributed by atoms with Gasteiger partial charge in [-0.3, -0.25) is 9.59 Å². The predicted molar refractivity (Wildman–Crippen MR) is 76.7 cm³/mol. The Morgan fingerprint density at radius 3 is 2.45 bits per heavy atom. The number of carbonyl (C=O) groups is 2. The van der Waals surface area contributed by atoms with Gasteiger partial charge in [-0.15, -0.1) is 0 Å². The molecule has 0 saturated carbocycles. The lowest BCUT2D eigenvalue weighted by Crippen LogP contribution is -2.32. The summed E-state index contributed by atoms with van der Waals surface area (Å²) < 4.78 is 5.14. The second-order valence-corrected chi connectivity index (χ2v) is 5.07. The van der Waals surface area contributed by atoms with Crippen molar-refractivity contribution in [1.29, 1.82) is 0 Å². The topological polar surface area (TPSA) is 58.6 Å². The number of amides is 2. The summed E-state index contributed by atoms with van der Waals surface area (Å²) in [7, 11) is 0. The zero-order valence-corrected chi connectivity index (χ0v) is 11.9. The summed E-state index contributed by atoms with van der Waals surface area (Å²) in [6.07, 6.45) is 2.09. The smallest absolute Gasteiger partial charge is 0.250 e. The molecule has 2 rings (SSSR count). The molecule has 5 nitrogen and oxygen atoms in total. The van der Waals surface area contributed by atoms with Crippen LogP contribution in [-0.2, 0) is 14.3 Å². The largest absolute Gasteiger partial charge is 0.362 e. The maximum Gasteiger partial charge on any atom is 0.250 e. The van der Waals surface area contributed by atoms with E-state index in [0.717, 1.165) is 25.9 Å². The summed E-state index contributed by atoms with van der Waals surface area (Å²) in [5.74, 6) is -0.344. The van der Waals surface area contributed by atoms with Gasteiger partial charge >= 0.3 is 0 Å². The van der Waals surface area contributed by atoms with Crippen LogP contribution in [-0.4, -0.2) is 43.0 Å². The average molecular weight is 297 g/mol. The maximum atomic E-state index is 11.7. The first kappa shape index (κ1) is 14.8. The van der Waals surface area contributed by atoms with E-state index in [4.69, 9.17) is 16.3 Å². The lowest BCUT2D eigenvalue weighted by molar-refractivity contribution is -0.136. The van der Waals surface area contributed by atoms with E-state index in [1.165, 1.54) is 0 Å². The number of halogens is 1. The molecule has 20 heavy (non-hydrogen) atoms. The third-order valence-corrected chi connectivity index (χ3v) is 3.30. The van der Waals surface area contributed by atoms with Gasteiger partial charge in [-0.25, -0.2) is 0 Å². The molecular weight excluding hydrogens is 280 g/mol. The fourth-order valence-electron chi connectivity index (χ4n) is 2.02. The first-order valence-electron chi connectivity index (χ1n) is 6.56. The Labute approximate surface area is 122 Å². The summed E-state index contributed by atoms with van der Waals surface area (Å²) >= 11 is 5.75. The van der Waals surface area contributed by atoms with Crippen molar-refractivity contribution in [2.45, 2.75) is 12.8 Å². The van der Waals surface area contributed by atoms with Gasteiger partial charge in [0, 0.05) is 23.8 Å². The minimum atomic E-state index is -0.290. The average Bonchev–Trinajstić information content (AvgIpc) is 2.95. The molecule has 6 heteroatoms. The Bertz CT molecular complexity index is 470. The highest BCUT2D eigenvalue weighted by Crippen LogP contribution is 2.13. The fraction of sp³-hybridized carbons (Fsp3) is 0.429. The zero-order valence-electron chi connectivity index (χ0n) is 11.1. The van der Waals surface area contributed by atoms with Gasteiger partial charge in [-0.1, -0.05) is 11.6 Å². The van der Waals surface area contributed by atoms with Gasteiger partial charge < -0.3 is 15.0 Å². The number of benzene rings is 1. The zero-order chi connectivity index (χ0) is 14.4. The van der Waals surface area contributed by atoms with Crippen molar-refractivity contribution < 1.29 is 14.3 Å². The molecule has 0 spiro atoms. The van der Waals surface area contributed by atoms with Crippen molar-refractivity contribution in [2.24, 2.45) is 0 Å². The van der Waals surface area contributed by atoms with Gasteiger partial charge in [0.15, 0.2) is 0 Å². The van der Waals surface area contributed by atoms with Crippen LogP contribution < -0.4 is 5.32 Å². The highest BCUT2D eigenvalue weighted by Gasteiger charge is 2.17. The standard InChI is InChI=1S/C14H17ClN2O3/c15-11-3-5-12(6-4-11)16-13(18)9-20-10-14(19)17-7-1-2-8-17/h3-6H,1-2,7-10H2,(H,16,18). The molecule has 108 valence electrons. The molecule has 1 aromatic rings. The normalized spacial score (nSPS) is 14.3. The number of hydrogen-bond donors (Lipinski definition) is 1. The maximum absolute atomic E-state index is 11.7. The molecule has 0 unspecified atom stereocenters. The molecule has 1 fully saturated rings. The Hall–Kier alpha value is -1.59. The van der Waals surface area contributed by atoms with Gasteiger partial charge in [-0.05, 0) is 37.1 Å². The van der Waals surface area contributed by atoms with E-state index in [1.807, 2.05) is 0 Å². The number of likely N-dealkylation sites (tertiary alicyclic amines) is 1. The Morgan fingerprint density at radius 2 is 1.80 bits per heavy atom. The highest BCUT2D eigenvalue weighted by molar-refractivity contribution is 6.30. The minimum Gasteiger partial charge on any atom is -0.362 e. The number of rotatable bonds is 5. The lowest BCUT2D eigenvalue weighted by atomic mass is 10.3. The number of carbonyl (C=O) groups excluding carboxylic acids is 2. The molecule has 0 bridgehead atoms. The van der Waals surface area contributed by atoms with E-state index in [9.17, 15) is 9.59 Å². The summed E-state index contributed by atoms with van der Waals surface area (Å²) in [6, 6.07) is 6.79. The van der Waals surface area contributed by atoms with Crippen LogP contribution in [0.2, 0.25) is 5.02 Å². The van der Waals surface area contributed by atoms with Crippen LogP contribution in [0.1, 0.15) is 12.8 Å². The van der Waals surface area contributed by atoms with E-state index >= 15 is 0 Å². The molecule has 1 aliphatic heterocycles. The van der Waals surface area contributed by atoms with Crippen molar-refractivity contribution >= 4 is 29.1 Å². The number of nitrogens with one attached hydrogen (secondary N) is 1. The molecule has 0 aliphatic carbocycles. The molecule has 1 aliphatic rings. The molecule has 1 aromatic carbocycles. The summed E-state index contributed by atoms with van der Waals surface area (Å²) in [5, 5.41) is 3.27. The van der Waals surface area contributed by atoms with Gasteiger partial charge in [-0.2, -0.15) is 0 Å². The molecule has 0 atom stereocenters. The number of hydrogen-bond acceptors (Lipinski definition) is 3. The summed E-state index contributed by atoms with van der Waals surface area (Å²) in [6.45, 7) is 1.40. The Kier molecular flexibility index (Phi) is 5.38. The van der Waals surface area contributed by atoms with Gasteiger partial charge in [0.25, 0.3) is 0 Å². The number of anilines is 1. The SMILES string of the molecule is O=C(COCC(=O)N1CCCC1)Nc1ccc(Cl)cc1. The van der Waals surface area contributed by atoms with Crippen LogP contribution in [0, 0.1) is 0 Å². The second-order valence-electron chi connectivity index (χ2n) is 4.64. The van der Waals surface area contributed by atoms with E-state index in [1.54, 1.807) is 29.2 Å². The highest BCUT2D eigenvalue weighted by atomic mass is 35.5. The first-order valence-corrected chi connectivity index (χ1v) is 6.94. The second kappa shape index (κ2) is 7.26. The quantitative estimate of drug-likeness (QED) is 0.903. The Balaban J connectivity index is 1.67. The van der Waals surface area contributed by atoms with Crippen molar-refractivity contribution in [3.63, 3.8) is 0 Å². The first-order chi connectivity index (χ1) is 9.65. The van der Waals surface area contributed by atoms with Crippen LogP contribution in [0.4, 0.5) is 5.69 Å². The van der Waals surface area contributed by atoms with E-state index in [-0.39, 0.29) is 25.0 Å². The van der Waals surface area contributed by atoms with Crippen molar-refractivity contribution in [3.05, 3.63) is 29.3 Å². The molecule has 2 amide bonds. The van der Waals surface area contributed by atoms with Crippen molar-refractivity contribution in [3.8, 4) is 0 Å². The van der Waals surface area contributed by atoms with Gasteiger partial charge in [0.1, 0.15) is 13.2 Å². The van der Waals surface area contributed by atoms with Crippen molar-refractivity contribution in [1.82, 2.24) is 4.90 Å². The van der Waals surface area contributed by atoms with E-state index in [0.29, 0.717) is 10.7 Å². The molecule has 1 N–H and O–H groups in total. The van der Waals surface area contributed by atoms with Gasteiger partial charge in [0.2, 0.25) is 11.8 Å². The monoisotopic (exact) mass is 296 g/mol. The predicted octanol–water partition coefficient (Wildman–Crippen LogP) is 1.92. The van der Waals surface area contributed by atoms with E-state index < -0.39 is 0 Å². The lowest BCUT2D eigenvalue weighted by Gasteiger charge is -2.14. The summed E-state index contributed by atoms with van der Waals surface area (Å²) in [5.41, 5.74) is 0.647. The summed E-state index contributed by atoms with van der Waals surface area (Å²) in [4.78, 5) is 25.0. The number of ether oxygens (including phenoxy) is 1. The molecule has 1 saturated heterocycles. The van der Waals surface area contributed by atoms with E-state index in [2.05, 4.69) is 5.32 Å². The molecule has 0 aromatic heterocycles. The van der Waals surface area contributed by atoms with Crippen LogP contribution in [0.15, 0.2) is 24.3 Å².